The topological polar surface area (TPSA) is 53.1 Å². The van der Waals surface area contributed by atoms with Gasteiger partial charge in [0.15, 0.2) is 0 Å². The summed E-state index contributed by atoms with van der Waals surface area (Å²) in [5, 5.41) is 0. The Bertz CT molecular complexity index is 723. The molecule has 2 heterocycles. The number of hydrogen-bond acceptors (Lipinski definition) is 9. The first kappa shape index (κ1) is 50.7. The van der Waals surface area contributed by atoms with E-state index in [1.165, 1.54) is 45.6 Å². The van der Waals surface area contributed by atoms with E-state index in [1.54, 1.807) is 0 Å². The Balaban J connectivity index is 0. The summed E-state index contributed by atoms with van der Waals surface area (Å²) in [6, 6.07) is 0. The lowest BCUT2D eigenvalue weighted by molar-refractivity contribution is -0.0283. The number of morpholine rings is 1. The first-order valence-corrected chi connectivity index (χ1v) is 19.5. The molecule has 0 atom stereocenters. The quantitative estimate of drug-likeness (QED) is 0.197. The van der Waals surface area contributed by atoms with Crippen LogP contribution in [0.2, 0.25) is 0 Å². The highest BCUT2D eigenvalue weighted by Crippen LogP contribution is 2.20. The Morgan fingerprint density at radius 3 is 1.35 bits per heavy atom. The molecule has 0 bridgehead atoms. The maximum absolute atomic E-state index is 5.70. The predicted molar refractivity (Wildman–Crippen MR) is 213 cm³/mol. The van der Waals surface area contributed by atoms with Crippen LogP contribution in [0.15, 0.2) is 0 Å². The number of piperazine rings is 1. The molecule has 9 heteroatoms. The van der Waals surface area contributed by atoms with E-state index >= 15 is 0 Å². The molecule has 0 saturated carbocycles. The van der Waals surface area contributed by atoms with Crippen LogP contribution >= 0.6 is 0 Å². The van der Waals surface area contributed by atoms with Crippen molar-refractivity contribution in [3.63, 3.8) is 0 Å². The maximum atomic E-state index is 5.70. The molecular formula is C40H89N5O4. The second-order valence-electron chi connectivity index (χ2n) is 18.0. The van der Waals surface area contributed by atoms with Crippen molar-refractivity contribution in [2.24, 2.45) is 5.41 Å². The molecule has 0 amide bonds. The van der Waals surface area contributed by atoms with Crippen LogP contribution in [0.5, 0.6) is 0 Å². The Morgan fingerprint density at radius 1 is 0.571 bits per heavy atom. The summed E-state index contributed by atoms with van der Waals surface area (Å²) < 4.78 is 22.2. The molecule has 0 aromatic rings. The van der Waals surface area contributed by atoms with Crippen LogP contribution < -0.4 is 0 Å². The second kappa shape index (κ2) is 27.3. The van der Waals surface area contributed by atoms with Gasteiger partial charge in [0.05, 0.1) is 49.8 Å². The fourth-order valence-electron chi connectivity index (χ4n) is 4.80. The molecule has 0 aliphatic carbocycles. The zero-order chi connectivity index (χ0) is 38.2. The molecule has 0 N–H and O–H groups in total. The minimum absolute atomic E-state index is 0.00653. The molecule has 0 spiro atoms. The van der Waals surface area contributed by atoms with Crippen molar-refractivity contribution in [2.45, 2.75) is 127 Å². The van der Waals surface area contributed by atoms with Gasteiger partial charge in [-0.3, -0.25) is 9.80 Å². The van der Waals surface area contributed by atoms with Gasteiger partial charge in [0.25, 0.3) is 0 Å². The van der Waals surface area contributed by atoms with Crippen LogP contribution in [0.3, 0.4) is 0 Å². The zero-order valence-electron chi connectivity index (χ0n) is 36.3. The van der Waals surface area contributed by atoms with Crippen molar-refractivity contribution < 1.29 is 18.9 Å². The number of hydrogen-bond donors (Lipinski definition) is 0. The average molecular weight is 704 g/mol. The SMILES string of the molecule is CC(C)(C)OCCN1CCOCC1.CCN(CC)CCOC(C)(C)C.CN(C)CCCC(C)(C)C.CN1CCN(CCOC(C)(C)C)CC1. The largest absolute Gasteiger partial charge is 0.379 e. The van der Waals surface area contributed by atoms with Crippen molar-refractivity contribution >= 4 is 0 Å². The van der Waals surface area contributed by atoms with Crippen LogP contribution in [0, 0.1) is 5.41 Å². The summed E-state index contributed by atoms with van der Waals surface area (Å²) in [7, 11) is 6.44. The lowest BCUT2D eigenvalue weighted by Gasteiger charge is -2.33. The van der Waals surface area contributed by atoms with Gasteiger partial charge in [-0.25, -0.2) is 0 Å². The van der Waals surface area contributed by atoms with Crippen molar-refractivity contribution in [2.75, 3.05) is 133 Å². The first-order chi connectivity index (χ1) is 22.5. The lowest BCUT2D eigenvalue weighted by Crippen LogP contribution is -2.45. The number of ether oxygens (including phenoxy) is 4. The predicted octanol–water partition coefficient (Wildman–Crippen LogP) is 6.70. The van der Waals surface area contributed by atoms with Crippen molar-refractivity contribution in [1.29, 1.82) is 0 Å². The Labute approximate surface area is 307 Å². The second-order valence-corrected chi connectivity index (χ2v) is 18.0. The molecule has 2 rings (SSSR count). The van der Waals surface area contributed by atoms with Crippen molar-refractivity contribution in [3.05, 3.63) is 0 Å². The van der Waals surface area contributed by atoms with Crippen LogP contribution in [-0.2, 0) is 18.9 Å². The summed E-state index contributed by atoms with van der Waals surface area (Å²) >= 11 is 0. The molecule has 49 heavy (non-hydrogen) atoms. The number of nitrogens with zero attached hydrogens (tertiary/aromatic N) is 5. The summed E-state index contributed by atoms with van der Waals surface area (Å²) in [6.45, 7) is 47.8. The molecule has 2 aliphatic heterocycles. The maximum Gasteiger partial charge on any atom is 0.0600 e. The van der Waals surface area contributed by atoms with Crippen LogP contribution in [-0.4, -0.2) is 174 Å². The van der Waals surface area contributed by atoms with Crippen LogP contribution in [0.25, 0.3) is 0 Å². The van der Waals surface area contributed by atoms with E-state index in [1.807, 2.05) is 0 Å². The van der Waals surface area contributed by atoms with Crippen LogP contribution in [0.1, 0.15) is 110 Å². The van der Waals surface area contributed by atoms with Gasteiger partial charge in [0.1, 0.15) is 0 Å². The van der Waals surface area contributed by atoms with Gasteiger partial charge in [-0.05, 0) is 121 Å². The highest BCUT2D eigenvalue weighted by Gasteiger charge is 2.16. The lowest BCUT2D eigenvalue weighted by atomic mass is 9.90. The van der Waals surface area contributed by atoms with E-state index in [9.17, 15) is 0 Å². The number of likely N-dealkylation sites (N-methyl/N-ethyl adjacent to an activating group) is 2. The van der Waals surface area contributed by atoms with E-state index in [4.69, 9.17) is 18.9 Å². The monoisotopic (exact) mass is 704 g/mol. The van der Waals surface area contributed by atoms with E-state index in [0.29, 0.717) is 5.41 Å². The third-order valence-electron chi connectivity index (χ3n) is 7.95. The van der Waals surface area contributed by atoms with Crippen LogP contribution in [0.4, 0.5) is 0 Å². The minimum Gasteiger partial charge on any atom is -0.379 e. The summed E-state index contributed by atoms with van der Waals surface area (Å²) in [5.74, 6) is 0. The molecule has 2 saturated heterocycles. The van der Waals surface area contributed by atoms with Gasteiger partial charge in [-0.2, -0.15) is 0 Å². The van der Waals surface area contributed by atoms with Gasteiger partial charge < -0.3 is 33.6 Å². The molecule has 2 fully saturated rings. The van der Waals surface area contributed by atoms with Crippen molar-refractivity contribution in [3.8, 4) is 0 Å². The average Bonchev–Trinajstić information content (AvgIpc) is 2.95. The normalized spacial score (nSPS) is 17.2. The van der Waals surface area contributed by atoms with E-state index < -0.39 is 0 Å². The van der Waals surface area contributed by atoms with Gasteiger partial charge in [-0.1, -0.05) is 34.6 Å². The standard InChI is InChI=1S/C11H24N2O.C10H21NO2.C10H23NO.C9H21N/c1-11(2,3)14-10-9-13-7-5-12(4)6-8-13;1-10(2,3)13-9-6-11-4-7-12-8-5-11;1-6-11(7-2)8-9-12-10(3,4)5;1-9(2,3)7-6-8-10(4)5/h5-10H2,1-4H3;4-9H2,1-3H3;6-9H2,1-5H3;6-8H2,1-5H3. The number of rotatable bonds is 14. The summed E-state index contributed by atoms with van der Waals surface area (Å²) in [4.78, 5) is 11.8. The fraction of sp³-hybridized carbons (Fsp3) is 1.00. The molecule has 0 radical (unpaired) electrons. The van der Waals surface area contributed by atoms with Crippen molar-refractivity contribution in [1.82, 2.24) is 24.5 Å². The Morgan fingerprint density at radius 2 is 0.980 bits per heavy atom. The third kappa shape index (κ3) is 40.3. The van der Waals surface area contributed by atoms with Gasteiger partial charge in [0, 0.05) is 58.9 Å². The van der Waals surface area contributed by atoms with Gasteiger partial charge >= 0.3 is 0 Å². The summed E-state index contributed by atoms with van der Waals surface area (Å²) in [6.07, 6.45) is 2.64. The Hall–Kier alpha value is -0.360. The molecule has 9 nitrogen and oxygen atoms in total. The molecule has 0 unspecified atom stereocenters. The highest BCUT2D eigenvalue weighted by atomic mass is 16.5. The summed E-state index contributed by atoms with van der Waals surface area (Å²) in [5.41, 5.74) is 0.516. The van der Waals surface area contributed by atoms with E-state index in [2.05, 4.69) is 143 Å². The highest BCUT2D eigenvalue weighted by molar-refractivity contribution is 4.70. The molecular weight excluding hydrogens is 614 g/mol. The smallest absolute Gasteiger partial charge is 0.0600 e. The molecule has 0 aromatic carbocycles. The van der Waals surface area contributed by atoms with E-state index in [-0.39, 0.29) is 16.8 Å². The van der Waals surface area contributed by atoms with Gasteiger partial charge in [0.2, 0.25) is 0 Å². The molecule has 2 aliphatic rings. The fourth-order valence-corrected chi connectivity index (χ4v) is 4.80. The third-order valence-corrected chi connectivity index (χ3v) is 7.95. The Kier molecular flexibility index (Phi) is 28.2. The molecule has 0 aromatic heterocycles. The molecule has 298 valence electrons. The van der Waals surface area contributed by atoms with Gasteiger partial charge in [-0.15, -0.1) is 0 Å². The van der Waals surface area contributed by atoms with E-state index in [0.717, 1.165) is 78.8 Å². The minimum atomic E-state index is -0.00765. The first-order valence-electron chi connectivity index (χ1n) is 19.5. The zero-order valence-corrected chi connectivity index (χ0v) is 36.3.